The Bertz CT molecular complexity index is 628. The SMILES string of the molecule is Cc1cc(Cl)ccc1Oc1c(F)cccc1CNC(C)C. The summed E-state index contributed by atoms with van der Waals surface area (Å²) in [7, 11) is 0. The van der Waals surface area contributed by atoms with Gasteiger partial charge in [0.15, 0.2) is 11.6 Å². The molecule has 2 rings (SSSR count). The van der Waals surface area contributed by atoms with E-state index in [2.05, 4.69) is 5.32 Å². The van der Waals surface area contributed by atoms with Gasteiger partial charge in [0.25, 0.3) is 0 Å². The van der Waals surface area contributed by atoms with Gasteiger partial charge in [-0.05, 0) is 36.8 Å². The third-order valence-corrected chi connectivity index (χ3v) is 3.33. The Labute approximate surface area is 129 Å². The number of aryl methyl sites for hydroxylation is 1. The molecule has 0 unspecified atom stereocenters. The Morgan fingerprint density at radius 1 is 1.24 bits per heavy atom. The van der Waals surface area contributed by atoms with Crippen molar-refractivity contribution in [2.75, 3.05) is 0 Å². The zero-order chi connectivity index (χ0) is 15.4. The summed E-state index contributed by atoms with van der Waals surface area (Å²) in [6.45, 7) is 6.53. The zero-order valence-corrected chi connectivity index (χ0v) is 13.2. The number of ether oxygens (including phenoxy) is 1. The molecule has 0 fully saturated rings. The molecule has 0 amide bonds. The molecule has 4 heteroatoms. The number of benzene rings is 2. The largest absolute Gasteiger partial charge is 0.454 e. The first-order valence-corrected chi connectivity index (χ1v) is 7.30. The smallest absolute Gasteiger partial charge is 0.167 e. The second-order valence-electron chi connectivity index (χ2n) is 5.28. The Kier molecular flexibility index (Phi) is 5.21. The lowest BCUT2D eigenvalue weighted by atomic mass is 10.1. The van der Waals surface area contributed by atoms with Gasteiger partial charge in [-0.1, -0.05) is 37.6 Å². The molecule has 0 aliphatic carbocycles. The highest BCUT2D eigenvalue weighted by Crippen LogP contribution is 2.31. The highest BCUT2D eigenvalue weighted by atomic mass is 35.5. The summed E-state index contributed by atoms with van der Waals surface area (Å²) in [4.78, 5) is 0. The second kappa shape index (κ2) is 6.92. The zero-order valence-electron chi connectivity index (χ0n) is 12.4. The van der Waals surface area contributed by atoms with Crippen LogP contribution >= 0.6 is 11.6 Å². The van der Waals surface area contributed by atoms with Crippen LogP contribution in [-0.2, 0) is 6.54 Å². The standard InChI is InChI=1S/C17H19ClFNO/c1-11(2)20-10-13-5-4-6-15(19)17(13)21-16-8-7-14(18)9-12(16)3/h4-9,11,20H,10H2,1-3H3. The quantitative estimate of drug-likeness (QED) is 0.832. The highest BCUT2D eigenvalue weighted by molar-refractivity contribution is 6.30. The molecule has 0 heterocycles. The Morgan fingerprint density at radius 2 is 2.00 bits per heavy atom. The normalized spacial score (nSPS) is 11.0. The molecule has 0 radical (unpaired) electrons. The van der Waals surface area contributed by atoms with E-state index in [1.807, 2.05) is 26.8 Å². The minimum Gasteiger partial charge on any atom is -0.454 e. The molecule has 2 nitrogen and oxygen atoms in total. The number of hydrogen-bond acceptors (Lipinski definition) is 2. The molecule has 2 aromatic rings. The van der Waals surface area contributed by atoms with Gasteiger partial charge in [0.1, 0.15) is 5.75 Å². The lowest BCUT2D eigenvalue weighted by Gasteiger charge is -2.15. The van der Waals surface area contributed by atoms with Crippen LogP contribution in [0.25, 0.3) is 0 Å². The molecular formula is C17H19ClFNO. The first kappa shape index (κ1) is 15.8. The van der Waals surface area contributed by atoms with Crippen molar-refractivity contribution in [2.45, 2.75) is 33.4 Å². The van der Waals surface area contributed by atoms with Crippen LogP contribution in [0, 0.1) is 12.7 Å². The van der Waals surface area contributed by atoms with E-state index >= 15 is 0 Å². The first-order valence-electron chi connectivity index (χ1n) is 6.92. The van der Waals surface area contributed by atoms with Crippen molar-refractivity contribution in [1.29, 1.82) is 0 Å². The molecule has 0 aliphatic heterocycles. The third-order valence-electron chi connectivity index (χ3n) is 3.10. The van der Waals surface area contributed by atoms with Crippen LogP contribution in [0.5, 0.6) is 11.5 Å². The van der Waals surface area contributed by atoms with Gasteiger partial charge in [-0.2, -0.15) is 0 Å². The van der Waals surface area contributed by atoms with Gasteiger partial charge in [-0.3, -0.25) is 0 Å². The van der Waals surface area contributed by atoms with Crippen LogP contribution in [0.3, 0.4) is 0 Å². The van der Waals surface area contributed by atoms with Gasteiger partial charge in [0, 0.05) is 23.2 Å². The molecule has 21 heavy (non-hydrogen) atoms. The Morgan fingerprint density at radius 3 is 2.67 bits per heavy atom. The average molecular weight is 308 g/mol. The first-order chi connectivity index (χ1) is 9.97. The number of hydrogen-bond donors (Lipinski definition) is 1. The van der Waals surface area contributed by atoms with Crippen LogP contribution in [0.2, 0.25) is 5.02 Å². The average Bonchev–Trinajstić information content (AvgIpc) is 2.42. The fraction of sp³-hybridized carbons (Fsp3) is 0.294. The van der Waals surface area contributed by atoms with Crippen molar-refractivity contribution in [3.63, 3.8) is 0 Å². The molecule has 1 N–H and O–H groups in total. The summed E-state index contributed by atoms with van der Waals surface area (Å²) in [5, 5.41) is 3.91. The number of halogens is 2. The summed E-state index contributed by atoms with van der Waals surface area (Å²) in [5.74, 6) is 0.499. The van der Waals surface area contributed by atoms with E-state index in [0.29, 0.717) is 23.4 Å². The third kappa shape index (κ3) is 4.19. The predicted octanol–water partition coefficient (Wildman–Crippen LogP) is 5.08. The van der Waals surface area contributed by atoms with Crippen molar-refractivity contribution in [2.24, 2.45) is 0 Å². The van der Waals surface area contributed by atoms with E-state index in [1.165, 1.54) is 6.07 Å². The minimum atomic E-state index is -0.368. The van der Waals surface area contributed by atoms with Gasteiger partial charge >= 0.3 is 0 Å². The molecule has 2 aromatic carbocycles. The van der Waals surface area contributed by atoms with Crippen molar-refractivity contribution < 1.29 is 9.13 Å². The molecule has 0 aromatic heterocycles. The number of nitrogens with one attached hydrogen (secondary N) is 1. The lowest BCUT2D eigenvalue weighted by Crippen LogP contribution is -2.22. The highest BCUT2D eigenvalue weighted by Gasteiger charge is 2.12. The van der Waals surface area contributed by atoms with Crippen molar-refractivity contribution in [3.8, 4) is 11.5 Å². The van der Waals surface area contributed by atoms with Crippen LogP contribution in [0.4, 0.5) is 4.39 Å². The Balaban J connectivity index is 2.29. The second-order valence-corrected chi connectivity index (χ2v) is 5.71. The van der Waals surface area contributed by atoms with Crippen molar-refractivity contribution in [1.82, 2.24) is 5.32 Å². The molecule has 0 aliphatic rings. The van der Waals surface area contributed by atoms with Crippen LogP contribution in [0.1, 0.15) is 25.0 Å². The van der Waals surface area contributed by atoms with Gasteiger partial charge in [0.2, 0.25) is 0 Å². The van der Waals surface area contributed by atoms with Gasteiger partial charge in [0.05, 0.1) is 0 Å². The summed E-state index contributed by atoms with van der Waals surface area (Å²) in [5.41, 5.74) is 1.66. The van der Waals surface area contributed by atoms with Gasteiger partial charge in [-0.15, -0.1) is 0 Å². The topological polar surface area (TPSA) is 21.3 Å². The van der Waals surface area contributed by atoms with Gasteiger partial charge < -0.3 is 10.1 Å². The summed E-state index contributed by atoms with van der Waals surface area (Å²) >= 11 is 5.93. The maximum atomic E-state index is 14.1. The predicted molar refractivity (Wildman–Crippen MR) is 84.6 cm³/mol. The van der Waals surface area contributed by atoms with E-state index in [9.17, 15) is 4.39 Å². The molecule has 0 saturated carbocycles. The van der Waals surface area contributed by atoms with Crippen LogP contribution in [-0.4, -0.2) is 6.04 Å². The van der Waals surface area contributed by atoms with Crippen molar-refractivity contribution in [3.05, 3.63) is 58.4 Å². The molecule has 0 spiro atoms. The fourth-order valence-electron chi connectivity index (χ4n) is 1.96. The number of para-hydroxylation sites is 1. The fourth-order valence-corrected chi connectivity index (χ4v) is 2.19. The van der Waals surface area contributed by atoms with E-state index in [1.54, 1.807) is 24.3 Å². The van der Waals surface area contributed by atoms with Crippen LogP contribution in [0.15, 0.2) is 36.4 Å². The minimum absolute atomic E-state index is 0.260. The lowest BCUT2D eigenvalue weighted by molar-refractivity contribution is 0.429. The van der Waals surface area contributed by atoms with E-state index in [-0.39, 0.29) is 11.6 Å². The molecule has 0 bridgehead atoms. The summed E-state index contributed by atoms with van der Waals surface area (Å²) < 4.78 is 19.9. The monoisotopic (exact) mass is 307 g/mol. The van der Waals surface area contributed by atoms with E-state index in [4.69, 9.17) is 16.3 Å². The van der Waals surface area contributed by atoms with E-state index in [0.717, 1.165) is 11.1 Å². The molecule has 0 saturated heterocycles. The van der Waals surface area contributed by atoms with Gasteiger partial charge in [-0.25, -0.2) is 4.39 Å². The molecule has 0 atom stereocenters. The molecule has 112 valence electrons. The Hall–Kier alpha value is -1.58. The maximum Gasteiger partial charge on any atom is 0.167 e. The van der Waals surface area contributed by atoms with Crippen molar-refractivity contribution >= 4 is 11.6 Å². The molecular weight excluding hydrogens is 289 g/mol. The number of rotatable bonds is 5. The summed E-state index contributed by atoms with van der Waals surface area (Å²) in [6, 6.07) is 10.6. The maximum absolute atomic E-state index is 14.1. The van der Waals surface area contributed by atoms with Crippen LogP contribution < -0.4 is 10.1 Å². The van der Waals surface area contributed by atoms with E-state index < -0.39 is 0 Å². The summed E-state index contributed by atoms with van der Waals surface area (Å²) in [6.07, 6.45) is 0.